The second-order valence-corrected chi connectivity index (χ2v) is 19.6. The van der Waals surface area contributed by atoms with Crippen LogP contribution in [0.5, 0.6) is 11.5 Å². The zero-order chi connectivity index (χ0) is 51.7. The first-order valence-corrected chi connectivity index (χ1v) is 26.6. The molecule has 1 aliphatic rings. The standard InChI is InChI=1S/C70H67N3O2/c1-7-45-74-69-31-19-17-29-67(69)72(65-27-15-11-23-52(65)5)61-41-35-55(36-42-61)58-47-57(54-33-39-60(40-34-54)71(63-25-13-9-21-50(63)3)64-26-14-10-22-51(64)4)48-59(49-58)56-37-43-62(44-38-56)73(66-28-16-12-24-53(66)6)68-30-18-20-32-70(68)75-46-8-2/h9-21,23-44,47-49,51H,7-8,22,45-46H2,1-6H3. The van der Waals surface area contributed by atoms with Crippen LogP contribution in [0.4, 0.5) is 45.5 Å². The summed E-state index contributed by atoms with van der Waals surface area (Å²) in [5.41, 5.74) is 20.4. The highest BCUT2D eigenvalue weighted by atomic mass is 16.5. The molecular weight excluding hydrogens is 915 g/mol. The van der Waals surface area contributed by atoms with Gasteiger partial charge in [-0.25, -0.2) is 0 Å². The maximum atomic E-state index is 6.37. The average Bonchev–Trinajstić information content (AvgIpc) is 3.45. The molecular formula is C70H67N3O2. The van der Waals surface area contributed by atoms with Crippen LogP contribution in [0.1, 0.15) is 56.7 Å². The number of hydrogen-bond donors (Lipinski definition) is 0. The summed E-state index contributed by atoms with van der Waals surface area (Å²) < 4.78 is 12.7. The number of anilines is 8. The molecule has 0 radical (unpaired) electrons. The summed E-state index contributed by atoms with van der Waals surface area (Å²) in [6.45, 7) is 14.5. The Kier molecular flexibility index (Phi) is 15.4. The van der Waals surface area contributed by atoms with Crippen molar-refractivity contribution in [3.63, 3.8) is 0 Å². The summed E-state index contributed by atoms with van der Waals surface area (Å²) in [4.78, 5) is 7.09. The van der Waals surface area contributed by atoms with Crippen LogP contribution in [0.2, 0.25) is 0 Å². The number of rotatable bonds is 18. The van der Waals surface area contributed by atoms with Crippen molar-refractivity contribution in [1.82, 2.24) is 0 Å². The number of nitrogens with zero attached hydrogens (tertiary/aromatic N) is 3. The SMILES string of the molecule is CCCOc1ccccc1N(c1ccc(-c2cc(-c3ccc(N(C4=CC=CCC4C)c4ccccc4C)cc3)cc(-c3ccc(N(c4ccccc4C)c4ccccc4OCCC)cc3)c2)cc1)c1ccccc1C. The highest BCUT2D eigenvalue weighted by Gasteiger charge is 2.24. The van der Waals surface area contributed by atoms with Crippen LogP contribution in [-0.2, 0) is 0 Å². The van der Waals surface area contributed by atoms with Gasteiger partial charge in [0.2, 0.25) is 0 Å². The minimum atomic E-state index is 0.382. The Balaban J connectivity index is 1.08. The summed E-state index contributed by atoms with van der Waals surface area (Å²) >= 11 is 0. The van der Waals surface area contributed by atoms with Gasteiger partial charge < -0.3 is 24.2 Å². The van der Waals surface area contributed by atoms with Gasteiger partial charge >= 0.3 is 0 Å². The lowest BCUT2D eigenvalue weighted by molar-refractivity contribution is 0.318. The fourth-order valence-corrected chi connectivity index (χ4v) is 10.2. The first-order valence-electron chi connectivity index (χ1n) is 26.6. The van der Waals surface area contributed by atoms with Gasteiger partial charge in [-0.05, 0) is 193 Å². The third kappa shape index (κ3) is 10.9. The highest BCUT2D eigenvalue weighted by Crippen LogP contribution is 2.45. The van der Waals surface area contributed by atoms with Gasteiger partial charge in [-0.15, -0.1) is 0 Å². The molecule has 1 aliphatic carbocycles. The summed E-state index contributed by atoms with van der Waals surface area (Å²) in [5.74, 6) is 2.11. The lowest BCUT2D eigenvalue weighted by Crippen LogP contribution is -2.23. The summed E-state index contributed by atoms with van der Waals surface area (Å²) in [7, 11) is 0. The Morgan fingerprint density at radius 1 is 0.387 bits per heavy atom. The van der Waals surface area contributed by atoms with E-state index in [1.807, 2.05) is 0 Å². The molecule has 5 nitrogen and oxygen atoms in total. The summed E-state index contributed by atoms with van der Waals surface area (Å²) in [6, 6.07) is 76.8. The first-order chi connectivity index (χ1) is 36.8. The van der Waals surface area contributed by atoms with Gasteiger partial charge in [0.25, 0.3) is 0 Å². The van der Waals surface area contributed by atoms with Gasteiger partial charge in [-0.3, -0.25) is 0 Å². The van der Waals surface area contributed by atoms with E-state index in [-0.39, 0.29) is 0 Å². The van der Waals surface area contributed by atoms with Crippen molar-refractivity contribution in [2.24, 2.45) is 5.92 Å². The van der Waals surface area contributed by atoms with E-state index in [0.717, 1.165) is 104 Å². The van der Waals surface area contributed by atoms with Crippen LogP contribution in [0.3, 0.4) is 0 Å². The van der Waals surface area contributed by atoms with E-state index in [0.29, 0.717) is 19.1 Å². The van der Waals surface area contributed by atoms with Crippen LogP contribution in [0, 0.1) is 26.7 Å². The number of hydrogen-bond acceptors (Lipinski definition) is 5. The van der Waals surface area contributed by atoms with Gasteiger partial charge in [0.15, 0.2) is 0 Å². The van der Waals surface area contributed by atoms with Gasteiger partial charge in [0, 0.05) is 45.7 Å². The lowest BCUT2D eigenvalue weighted by Gasteiger charge is -2.33. The molecule has 0 fully saturated rings. The molecule has 5 heteroatoms. The zero-order valence-electron chi connectivity index (χ0n) is 44.2. The molecule has 75 heavy (non-hydrogen) atoms. The third-order valence-electron chi connectivity index (χ3n) is 14.2. The number of benzene rings is 9. The topological polar surface area (TPSA) is 28.2 Å². The molecule has 0 amide bonds. The fourth-order valence-electron chi connectivity index (χ4n) is 10.2. The van der Waals surface area contributed by atoms with Crippen LogP contribution in [0.25, 0.3) is 33.4 Å². The monoisotopic (exact) mass is 982 g/mol. The van der Waals surface area contributed by atoms with E-state index in [4.69, 9.17) is 9.47 Å². The summed E-state index contributed by atoms with van der Waals surface area (Å²) in [5, 5.41) is 0. The second-order valence-electron chi connectivity index (χ2n) is 19.6. The Morgan fingerprint density at radius 3 is 1.08 bits per heavy atom. The van der Waals surface area contributed by atoms with Crippen molar-refractivity contribution in [2.45, 2.75) is 60.8 Å². The van der Waals surface area contributed by atoms with Crippen molar-refractivity contribution < 1.29 is 9.47 Å². The van der Waals surface area contributed by atoms with Crippen molar-refractivity contribution in [2.75, 3.05) is 27.9 Å². The van der Waals surface area contributed by atoms with Gasteiger partial charge in [-0.1, -0.05) is 148 Å². The van der Waals surface area contributed by atoms with E-state index >= 15 is 0 Å². The Labute approximate surface area is 445 Å². The van der Waals surface area contributed by atoms with Crippen LogP contribution in [0.15, 0.2) is 236 Å². The molecule has 1 unspecified atom stereocenters. The molecule has 9 aromatic rings. The van der Waals surface area contributed by atoms with E-state index < -0.39 is 0 Å². The molecule has 0 N–H and O–H groups in total. The molecule has 0 saturated carbocycles. The third-order valence-corrected chi connectivity index (χ3v) is 14.2. The van der Waals surface area contributed by atoms with Crippen molar-refractivity contribution in [1.29, 1.82) is 0 Å². The molecule has 9 aromatic carbocycles. The van der Waals surface area contributed by atoms with E-state index in [1.54, 1.807) is 0 Å². The fraction of sp³-hybridized carbons (Fsp3) is 0.171. The van der Waals surface area contributed by atoms with Crippen LogP contribution < -0.4 is 24.2 Å². The van der Waals surface area contributed by atoms with E-state index in [9.17, 15) is 0 Å². The highest BCUT2D eigenvalue weighted by molar-refractivity contribution is 5.87. The van der Waals surface area contributed by atoms with Crippen molar-refractivity contribution >= 4 is 45.5 Å². The first kappa shape index (κ1) is 50.0. The molecule has 0 aliphatic heterocycles. The second kappa shape index (κ2) is 23.1. The number of allylic oxidation sites excluding steroid dienone is 4. The van der Waals surface area contributed by atoms with Crippen molar-refractivity contribution in [3.05, 3.63) is 253 Å². The quantitative estimate of drug-likeness (QED) is 0.0854. The molecule has 1 atom stereocenters. The largest absolute Gasteiger partial charge is 0.491 e. The maximum Gasteiger partial charge on any atom is 0.143 e. The van der Waals surface area contributed by atoms with Crippen LogP contribution >= 0.6 is 0 Å². The minimum Gasteiger partial charge on any atom is -0.491 e. The Hall–Kier alpha value is -8.54. The minimum absolute atomic E-state index is 0.382. The van der Waals surface area contributed by atoms with Gasteiger partial charge in [0.1, 0.15) is 11.5 Å². The van der Waals surface area contributed by atoms with E-state index in [1.165, 1.54) is 28.1 Å². The Morgan fingerprint density at radius 2 is 0.720 bits per heavy atom. The molecule has 0 aromatic heterocycles. The lowest BCUT2D eigenvalue weighted by atomic mass is 9.92. The molecule has 0 saturated heterocycles. The molecule has 10 rings (SSSR count). The predicted octanol–water partition coefficient (Wildman–Crippen LogP) is 19.7. The Bertz CT molecular complexity index is 3280. The maximum absolute atomic E-state index is 6.37. The van der Waals surface area contributed by atoms with Crippen molar-refractivity contribution in [3.8, 4) is 44.9 Å². The van der Waals surface area contributed by atoms with Gasteiger partial charge in [-0.2, -0.15) is 0 Å². The molecule has 0 heterocycles. The number of para-hydroxylation sites is 7. The average molecular weight is 982 g/mol. The van der Waals surface area contributed by atoms with Gasteiger partial charge in [0.05, 0.1) is 24.6 Å². The molecule has 374 valence electrons. The smallest absolute Gasteiger partial charge is 0.143 e. The summed E-state index contributed by atoms with van der Waals surface area (Å²) in [6.07, 6.45) is 9.62. The van der Waals surface area contributed by atoms with E-state index in [2.05, 4.69) is 287 Å². The number of ether oxygens (including phenoxy) is 2. The van der Waals surface area contributed by atoms with Crippen LogP contribution in [-0.4, -0.2) is 13.2 Å². The normalized spacial score (nSPS) is 13.0. The molecule has 0 spiro atoms. The zero-order valence-corrected chi connectivity index (χ0v) is 44.2. The molecule has 0 bridgehead atoms. The predicted molar refractivity (Wildman–Crippen MR) is 317 cm³/mol. The number of aryl methyl sites for hydroxylation is 3.